The summed E-state index contributed by atoms with van der Waals surface area (Å²) in [6, 6.07) is 11.9. The minimum absolute atomic E-state index is 0.0795. The fourth-order valence-corrected chi connectivity index (χ4v) is 3.99. The number of aliphatic hydroxyl groups is 1. The van der Waals surface area contributed by atoms with Gasteiger partial charge in [0.15, 0.2) is 0 Å². The molecule has 0 atom stereocenters. The molecule has 0 aliphatic carbocycles. The highest BCUT2D eigenvalue weighted by Crippen LogP contribution is 2.27. The zero-order valence-electron chi connectivity index (χ0n) is 18.7. The van der Waals surface area contributed by atoms with E-state index in [0.717, 1.165) is 5.56 Å². The third-order valence-corrected chi connectivity index (χ3v) is 6.15. The van der Waals surface area contributed by atoms with Crippen LogP contribution in [0.1, 0.15) is 15.9 Å². The van der Waals surface area contributed by atoms with E-state index in [1.807, 2.05) is 0 Å². The number of hydrogen-bond donors (Lipinski definition) is 2. The Hall–Kier alpha value is -3.27. The first kappa shape index (κ1) is 23.9. The number of carbonyl (C=O) groups is 2. The largest absolute Gasteiger partial charge is 0.396 e. The molecule has 0 radical (unpaired) electrons. The minimum Gasteiger partial charge on any atom is -0.396 e. The standard InChI is InChI=1S/C24H25ClN4O5/c1-28(12-24(13-30)14-34-15-24)20(31)11-29-21-17(3-2-8-26-21)9-19(23(29)33)22(32)27-10-16-4-6-18(25)7-5-16/h2-9,30H,10-15H2,1H3,(H,27,32). The number of aliphatic hydroxyl groups excluding tert-OH is 1. The van der Waals surface area contributed by atoms with E-state index in [2.05, 4.69) is 10.3 Å². The van der Waals surface area contributed by atoms with Crippen molar-refractivity contribution >= 4 is 34.4 Å². The van der Waals surface area contributed by atoms with Crippen LogP contribution in [-0.2, 0) is 22.6 Å². The molecule has 2 N–H and O–H groups in total. The number of rotatable bonds is 8. The van der Waals surface area contributed by atoms with Gasteiger partial charge in [-0.2, -0.15) is 0 Å². The van der Waals surface area contributed by atoms with Crippen LogP contribution < -0.4 is 10.9 Å². The number of likely N-dealkylation sites (N-methyl/N-ethyl adjacent to an activating group) is 1. The first-order chi connectivity index (χ1) is 16.3. The predicted molar refractivity (Wildman–Crippen MR) is 127 cm³/mol. The Labute approximate surface area is 200 Å². The second kappa shape index (κ2) is 9.92. The van der Waals surface area contributed by atoms with Crippen molar-refractivity contribution in [2.75, 3.05) is 33.4 Å². The quantitative estimate of drug-likeness (QED) is 0.500. The predicted octanol–water partition coefficient (Wildman–Crippen LogP) is 1.45. The molecule has 34 heavy (non-hydrogen) atoms. The SMILES string of the molecule is CN(CC1(CO)COC1)C(=O)Cn1c(=O)c(C(=O)NCc2ccc(Cl)cc2)cc2cccnc21. The molecule has 1 aromatic carbocycles. The third-order valence-electron chi connectivity index (χ3n) is 5.90. The van der Waals surface area contributed by atoms with Crippen molar-refractivity contribution in [3.63, 3.8) is 0 Å². The molecule has 10 heteroatoms. The molecule has 0 bridgehead atoms. The number of aromatic nitrogens is 2. The lowest BCUT2D eigenvalue weighted by atomic mass is 9.86. The number of benzene rings is 1. The number of fused-ring (bicyclic) bond motifs is 1. The zero-order chi connectivity index (χ0) is 24.3. The number of carbonyl (C=O) groups excluding carboxylic acids is 2. The number of hydrogen-bond acceptors (Lipinski definition) is 6. The molecule has 2 aromatic heterocycles. The van der Waals surface area contributed by atoms with E-state index < -0.39 is 16.9 Å². The number of ether oxygens (including phenoxy) is 1. The summed E-state index contributed by atoms with van der Waals surface area (Å²) in [6.45, 7) is 0.864. The number of pyridine rings is 2. The average molecular weight is 485 g/mol. The van der Waals surface area contributed by atoms with Gasteiger partial charge in [0.05, 0.1) is 25.2 Å². The highest BCUT2D eigenvalue weighted by atomic mass is 35.5. The van der Waals surface area contributed by atoms with E-state index in [1.54, 1.807) is 43.4 Å². The molecule has 1 saturated heterocycles. The number of amides is 2. The van der Waals surface area contributed by atoms with Crippen molar-refractivity contribution in [3.05, 3.63) is 75.2 Å². The van der Waals surface area contributed by atoms with E-state index in [4.69, 9.17) is 16.3 Å². The fraction of sp³-hybridized carbons (Fsp3) is 0.333. The monoisotopic (exact) mass is 484 g/mol. The van der Waals surface area contributed by atoms with Crippen LogP contribution in [-0.4, -0.2) is 64.8 Å². The van der Waals surface area contributed by atoms with Crippen LogP contribution in [0.25, 0.3) is 11.0 Å². The third kappa shape index (κ3) is 4.96. The molecule has 1 fully saturated rings. The number of halogens is 1. The van der Waals surface area contributed by atoms with Crippen molar-refractivity contribution in [1.82, 2.24) is 19.8 Å². The van der Waals surface area contributed by atoms with Crippen LogP contribution in [0.2, 0.25) is 5.02 Å². The van der Waals surface area contributed by atoms with Crippen LogP contribution in [0.4, 0.5) is 0 Å². The highest BCUT2D eigenvalue weighted by Gasteiger charge is 2.40. The van der Waals surface area contributed by atoms with Gasteiger partial charge in [-0.1, -0.05) is 23.7 Å². The Morgan fingerprint density at radius 1 is 1.26 bits per heavy atom. The second-order valence-electron chi connectivity index (χ2n) is 8.58. The van der Waals surface area contributed by atoms with Gasteiger partial charge < -0.3 is 20.1 Å². The zero-order valence-corrected chi connectivity index (χ0v) is 19.4. The fourth-order valence-electron chi connectivity index (χ4n) is 3.87. The summed E-state index contributed by atoms with van der Waals surface area (Å²) in [5, 5.41) is 13.5. The highest BCUT2D eigenvalue weighted by molar-refractivity contribution is 6.30. The lowest BCUT2D eigenvalue weighted by molar-refractivity contribution is -0.156. The van der Waals surface area contributed by atoms with Gasteiger partial charge in [0, 0.05) is 36.7 Å². The van der Waals surface area contributed by atoms with Crippen molar-refractivity contribution in [3.8, 4) is 0 Å². The summed E-state index contributed by atoms with van der Waals surface area (Å²) in [4.78, 5) is 44.8. The van der Waals surface area contributed by atoms with Crippen LogP contribution in [0.3, 0.4) is 0 Å². The maximum Gasteiger partial charge on any atom is 0.265 e. The summed E-state index contributed by atoms with van der Waals surface area (Å²) < 4.78 is 6.41. The van der Waals surface area contributed by atoms with Crippen LogP contribution in [0.15, 0.2) is 53.5 Å². The smallest absolute Gasteiger partial charge is 0.265 e. The second-order valence-corrected chi connectivity index (χ2v) is 9.01. The van der Waals surface area contributed by atoms with Crippen molar-refractivity contribution in [1.29, 1.82) is 0 Å². The summed E-state index contributed by atoms with van der Waals surface area (Å²) in [5.41, 5.74) is -0.0314. The molecule has 178 valence electrons. The van der Waals surface area contributed by atoms with Gasteiger partial charge in [-0.05, 0) is 35.9 Å². The summed E-state index contributed by atoms with van der Waals surface area (Å²) in [6.07, 6.45) is 1.53. The first-order valence-corrected chi connectivity index (χ1v) is 11.1. The van der Waals surface area contributed by atoms with E-state index in [1.165, 1.54) is 21.7 Å². The molecular weight excluding hydrogens is 460 g/mol. The molecule has 0 saturated carbocycles. The Morgan fingerprint density at radius 2 is 2.00 bits per heavy atom. The molecule has 1 aliphatic heterocycles. The Bertz CT molecular complexity index is 1270. The van der Waals surface area contributed by atoms with Crippen molar-refractivity contribution < 1.29 is 19.4 Å². The van der Waals surface area contributed by atoms with Crippen LogP contribution in [0, 0.1) is 5.41 Å². The molecule has 4 rings (SSSR count). The normalized spacial score (nSPS) is 14.4. The maximum atomic E-state index is 13.3. The Morgan fingerprint density at radius 3 is 2.65 bits per heavy atom. The lowest BCUT2D eigenvalue weighted by Gasteiger charge is -2.42. The van der Waals surface area contributed by atoms with Crippen LogP contribution in [0.5, 0.6) is 0 Å². The number of nitrogens with zero attached hydrogens (tertiary/aromatic N) is 3. The summed E-state index contributed by atoms with van der Waals surface area (Å²) >= 11 is 5.90. The molecule has 3 heterocycles. The van der Waals surface area contributed by atoms with E-state index in [0.29, 0.717) is 35.8 Å². The minimum atomic E-state index is -0.606. The topological polar surface area (TPSA) is 114 Å². The molecule has 0 spiro atoms. The van der Waals surface area contributed by atoms with Gasteiger partial charge in [0.2, 0.25) is 5.91 Å². The van der Waals surface area contributed by atoms with E-state index >= 15 is 0 Å². The lowest BCUT2D eigenvalue weighted by Crippen LogP contribution is -2.54. The van der Waals surface area contributed by atoms with Gasteiger partial charge in [0.25, 0.3) is 11.5 Å². The first-order valence-electron chi connectivity index (χ1n) is 10.8. The Balaban J connectivity index is 1.58. The van der Waals surface area contributed by atoms with E-state index in [9.17, 15) is 19.5 Å². The molecule has 1 aliphatic rings. The van der Waals surface area contributed by atoms with Crippen molar-refractivity contribution in [2.45, 2.75) is 13.1 Å². The molecule has 9 nitrogen and oxygen atoms in total. The van der Waals surface area contributed by atoms with Gasteiger partial charge in [0.1, 0.15) is 17.8 Å². The molecule has 2 amide bonds. The number of nitrogens with one attached hydrogen (secondary N) is 1. The van der Waals surface area contributed by atoms with Gasteiger partial charge >= 0.3 is 0 Å². The van der Waals surface area contributed by atoms with Gasteiger partial charge in [-0.15, -0.1) is 0 Å². The summed E-state index contributed by atoms with van der Waals surface area (Å²) in [5.74, 6) is -0.890. The van der Waals surface area contributed by atoms with Crippen molar-refractivity contribution in [2.24, 2.45) is 5.41 Å². The van der Waals surface area contributed by atoms with Gasteiger partial charge in [-0.3, -0.25) is 19.0 Å². The molecule has 0 unspecified atom stereocenters. The molecule has 3 aromatic rings. The summed E-state index contributed by atoms with van der Waals surface area (Å²) in [7, 11) is 1.61. The Kier molecular flexibility index (Phi) is 6.97. The van der Waals surface area contributed by atoms with Crippen LogP contribution >= 0.6 is 11.6 Å². The molecular formula is C24H25ClN4O5. The average Bonchev–Trinajstić information content (AvgIpc) is 2.82. The van der Waals surface area contributed by atoms with E-state index in [-0.39, 0.29) is 31.2 Å². The van der Waals surface area contributed by atoms with Gasteiger partial charge in [-0.25, -0.2) is 4.98 Å². The maximum absolute atomic E-state index is 13.3.